The van der Waals surface area contributed by atoms with E-state index in [-0.39, 0.29) is 119 Å². The quantitative estimate of drug-likeness (QED) is 0.0183. The van der Waals surface area contributed by atoms with Gasteiger partial charge in [0.05, 0.1) is 186 Å². The maximum Gasteiger partial charge on any atom is 0.410 e. The summed E-state index contributed by atoms with van der Waals surface area (Å²) in [6, 6.07) is 8.52. The van der Waals surface area contributed by atoms with Crippen LogP contribution >= 0.6 is 13.5 Å². The number of aliphatic hydroxyl groups is 3. The minimum atomic E-state index is -2.11. The van der Waals surface area contributed by atoms with Crippen molar-refractivity contribution in [3.8, 4) is 5.75 Å². The molecule has 7 N–H and O–H groups in total. The highest BCUT2D eigenvalue weighted by Gasteiger charge is 2.50. The SMILES string of the molecule is CC[C@H](C)[C@@H]([C@@H](CC(=O)N1CCC[C@H]1[C@H](OC)[C@@H](C)C(=O)C[C@@H](Cc1ccccc1)C(=O)O)OC)N(C)C(=O)[C@@H](NC(=O)[C@H](C(C)C)N(C)C(=O)O[C@@H](Cc1cn(CCOCCOCCOCCOCCOCCOCCOCCOCCOCCOCCNC(=O)CCCCCN2C(=O)C=CC2=O)nn1)c1ccc(O[C@@H]2O[C@H](C(=O)O)[C@@H](O)[C@H](O)[C@H]2O)c([N+](=O)[O-])c1)C(C)C.S. The number of ketones is 1. The average molecular weight is 1890 g/mol. The second-order valence-corrected chi connectivity index (χ2v) is 32.8. The number of aliphatic hydroxyl groups excluding tert-OH is 3. The van der Waals surface area contributed by atoms with Crippen molar-refractivity contribution in [2.75, 3.05) is 180 Å². The molecule has 3 aliphatic rings. The van der Waals surface area contributed by atoms with Gasteiger partial charge in [-0.25, -0.2) is 14.3 Å². The van der Waals surface area contributed by atoms with Crippen LogP contribution in [0.4, 0.5) is 10.5 Å². The summed E-state index contributed by atoms with van der Waals surface area (Å²) in [5.41, 5.74) is 0.160. The number of carbonyl (C=O) groups is 10. The lowest BCUT2D eigenvalue weighted by molar-refractivity contribution is -0.387. The molecule has 744 valence electrons. The zero-order valence-corrected chi connectivity index (χ0v) is 78.8. The molecule has 4 heterocycles. The lowest BCUT2D eigenvalue weighted by atomic mass is 9.85. The van der Waals surface area contributed by atoms with Crippen LogP contribution in [0.15, 0.2) is 66.9 Å². The molecule has 1 aromatic heterocycles. The van der Waals surface area contributed by atoms with Gasteiger partial charge >= 0.3 is 23.7 Å². The average Bonchev–Trinajstić information content (AvgIpc) is 1.80. The van der Waals surface area contributed by atoms with Gasteiger partial charge in [0.25, 0.3) is 11.8 Å². The lowest BCUT2D eigenvalue weighted by Crippen LogP contribution is -2.61. The topological polar surface area (TPSA) is 521 Å². The fourth-order valence-corrected chi connectivity index (χ4v) is 15.3. The fourth-order valence-electron chi connectivity index (χ4n) is 15.3. The van der Waals surface area contributed by atoms with Crippen LogP contribution in [0.1, 0.15) is 129 Å². The summed E-state index contributed by atoms with van der Waals surface area (Å²) < 4.78 is 86.3. The maximum atomic E-state index is 15.1. The number of unbranched alkanes of at least 4 members (excludes halogenated alkanes) is 2. The number of ether oxygens (including phenoxy) is 15. The Bertz CT molecular complexity index is 3990. The Hall–Kier alpha value is -8.87. The molecule has 7 amide bonds. The number of rotatable bonds is 69. The number of nitro groups is 1. The zero-order valence-electron chi connectivity index (χ0n) is 77.8. The third-order valence-corrected chi connectivity index (χ3v) is 22.7. The number of carboxylic acids is 2. The van der Waals surface area contributed by atoms with Gasteiger partial charge in [-0.05, 0) is 67.1 Å². The molecule has 15 atom stereocenters. The molecular formula is C89H140N10O32S. The first-order valence-corrected chi connectivity index (χ1v) is 44.8. The number of methoxy groups -OCH3 is 2. The molecule has 3 aliphatic heterocycles. The molecule has 0 unspecified atom stereocenters. The number of hydrogen-bond donors (Lipinski definition) is 7. The van der Waals surface area contributed by atoms with E-state index in [0.29, 0.717) is 164 Å². The number of nitrogens with zero attached hydrogens (tertiary/aromatic N) is 8. The van der Waals surface area contributed by atoms with Crippen LogP contribution in [0.5, 0.6) is 5.75 Å². The zero-order chi connectivity index (χ0) is 95.9. The highest BCUT2D eigenvalue weighted by atomic mass is 32.1. The van der Waals surface area contributed by atoms with Crippen molar-refractivity contribution in [1.82, 2.24) is 45.2 Å². The number of likely N-dealkylation sites (N-methyl/N-ethyl adjacent to an activating group) is 2. The molecule has 0 spiro atoms. The van der Waals surface area contributed by atoms with Crippen molar-refractivity contribution in [2.45, 2.75) is 199 Å². The van der Waals surface area contributed by atoms with E-state index >= 15 is 4.79 Å². The number of amides is 7. The minimum Gasteiger partial charge on any atom is -0.481 e. The molecule has 132 heavy (non-hydrogen) atoms. The summed E-state index contributed by atoms with van der Waals surface area (Å²) in [6.07, 6.45) is -7.11. The van der Waals surface area contributed by atoms with Crippen molar-refractivity contribution in [3.05, 3.63) is 93.8 Å². The first-order chi connectivity index (χ1) is 62.8. The van der Waals surface area contributed by atoms with Gasteiger partial charge in [0.2, 0.25) is 29.9 Å². The molecule has 3 aromatic rings. The van der Waals surface area contributed by atoms with Crippen molar-refractivity contribution in [3.63, 3.8) is 0 Å². The number of Topliss-reactive ketones (excluding diaryl/α,β-unsaturated/α-hetero) is 1. The van der Waals surface area contributed by atoms with Gasteiger partial charge in [-0.15, -0.1) is 5.10 Å². The number of aliphatic carboxylic acids is 2. The summed E-state index contributed by atoms with van der Waals surface area (Å²) in [4.78, 5) is 150. The third kappa shape index (κ3) is 38.1. The van der Waals surface area contributed by atoms with E-state index in [4.69, 9.17) is 71.1 Å². The van der Waals surface area contributed by atoms with E-state index in [0.717, 1.165) is 29.0 Å². The van der Waals surface area contributed by atoms with Gasteiger partial charge in [-0.2, -0.15) is 13.5 Å². The smallest absolute Gasteiger partial charge is 0.410 e. The molecule has 0 saturated carbocycles. The Labute approximate surface area is 777 Å². The Morgan fingerprint density at radius 1 is 0.659 bits per heavy atom. The number of nitro benzene ring substituents is 1. The molecule has 0 bridgehead atoms. The largest absolute Gasteiger partial charge is 0.481 e. The molecule has 2 fully saturated rings. The van der Waals surface area contributed by atoms with Crippen molar-refractivity contribution in [1.29, 1.82) is 0 Å². The number of nitrogens with one attached hydrogen (secondary N) is 2. The number of carboxylic acid groups (broad SMARTS) is 2. The van der Waals surface area contributed by atoms with Crippen LogP contribution in [-0.4, -0.2) is 371 Å². The number of benzene rings is 2. The predicted octanol–water partition coefficient (Wildman–Crippen LogP) is 3.68. The van der Waals surface area contributed by atoms with Crippen LogP contribution in [0.25, 0.3) is 0 Å². The first kappa shape index (κ1) is 114. The second kappa shape index (κ2) is 61.9. The minimum absolute atomic E-state index is 0. The molecule has 2 aromatic carbocycles. The number of likely N-dealkylation sites (tertiary alicyclic amines) is 1. The van der Waals surface area contributed by atoms with Crippen molar-refractivity contribution in [2.24, 2.45) is 29.6 Å². The Kier molecular flexibility index (Phi) is 53.3. The first-order valence-electron chi connectivity index (χ1n) is 44.8. The van der Waals surface area contributed by atoms with E-state index in [9.17, 15) is 78.8 Å². The summed E-state index contributed by atoms with van der Waals surface area (Å²) in [7, 11) is 5.77. The van der Waals surface area contributed by atoms with Crippen LogP contribution in [-0.2, 0) is 129 Å². The normalized spacial score (nSPS) is 18.8. The fraction of sp³-hybridized carbons (Fsp3) is 0.708. The van der Waals surface area contributed by atoms with E-state index in [1.807, 2.05) is 32.0 Å². The van der Waals surface area contributed by atoms with Gasteiger partial charge in [-0.1, -0.05) is 103 Å². The van der Waals surface area contributed by atoms with Gasteiger partial charge in [0, 0.05) is 97.5 Å². The predicted molar refractivity (Wildman–Crippen MR) is 477 cm³/mol. The van der Waals surface area contributed by atoms with E-state index in [1.165, 1.54) is 60.2 Å². The standard InChI is InChI=1S/C89H138N10O32.H2S/c1-12-60(6)78(71(117-10)56-75(104)97-30-19-22-66(97)82(118-11)61(7)68(100)54-64(86(110)111)52-62-20-15-13-16-21-62)94(8)85(109)76(58(2)3)91-84(108)77(59(4)5)95(9)89(114)130-70(63-24-25-69(67(53-63)99(115)116)129-88-81(107)79(105)80(106)83(131-88)87(112)113)55-65-57-96(93-92-65)31-33-120-35-37-122-39-41-124-43-45-126-47-49-128-51-50-127-48-46-125-44-42-123-40-38-121-36-34-119-32-28-90-72(101)23-17-14-18-29-98-73(102)26-27-74(98)103;/h13,15-16,20-21,24-27,53,57-61,64,66,70-71,76-83,88,105-107H,12,14,17-19,22-23,28-52,54-56H2,1-11H3,(H,90,101)(H,91,108)(H,110,111)(H,112,113);1H2/t60-,61-,64+,66-,70-,71+,76-,77-,78-,79-,80-,81+,82+,83-,88+;/m0./s1. The van der Waals surface area contributed by atoms with E-state index in [1.54, 1.807) is 58.7 Å². The third-order valence-electron chi connectivity index (χ3n) is 22.7. The lowest BCUT2D eigenvalue weighted by Gasteiger charge is -2.41. The summed E-state index contributed by atoms with van der Waals surface area (Å²) in [5, 5.41) is 78.4. The monoisotopic (exact) mass is 1890 g/mol. The summed E-state index contributed by atoms with van der Waals surface area (Å²) >= 11 is 0. The molecule has 0 radical (unpaired) electrons. The summed E-state index contributed by atoms with van der Waals surface area (Å²) in [5.74, 6) is -9.26. The highest BCUT2D eigenvalue weighted by molar-refractivity contribution is 7.59. The number of carbonyl (C=O) groups excluding carboxylic acids is 8. The Morgan fingerprint density at radius 2 is 1.21 bits per heavy atom. The highest BCUT2D eigenvalue weighted by Crippen LogP contribution is 2.37. The van der Waals surface area contributed by atoms with Gasteiger partial charge in [0.15, 0.2) is 11.9 Å². The molecule has 0 aliphatic carbocycles. The number of aromatic nitrogens is 3. The molecule has 42 nitrogen and oxygen atoms in total. The Balaban J connectivity index is 0.0000308. The van der Waals surface area contributed by atoms with Gasteiger partial charge in [-0.3, -0.25) is 58.3 Å². The van der Waals surface area contributed by atoms with Crippen LogP contribution in [0, 0.1) is 39.7 Å². The number of hydrogen-bond acceptors (Lipinski definition) is 32. The van der Waals surface area contributed by atoms with Crippen molar-refractivity contribution >= 4 is 78.4 Å². The van der Waals surface area contributed by atoms with Crippen molar-refractivity contribution < 1.29 is 149 Å². The van der Waals surface area contributed by atoms with E-state index in [2.05, 4.69) is 20.9 Å². The van der Waals surface area contributed by atoms with Gasteiger partial charge in [0.1, 0.15) is 42.3 Å². The van der Waals surface area contributed by atoms with Crippen LogP contribution in [0.2, 0.25) is 0 Å². The van der Waals surface area contributed by atoms with Gasteiger partial charge < -0.3 is 117 Å². The summed E-state index contributed by atoms with van der Waals surface area (Å²) in [6.45, 7) is 20.5. The molecule has 43 heteroatoms. The van der Waals surface area contributed by atoms with E-state index < -0.39 is 143 Å². The van der Waals surface area contributed by atoms with Crippen LogP contribution in [0.3, 0.4) is 0 Å². The maximum absolute atomic E-state index is 15.1. The molecular weight excluding hydrogens is 1750 g/mol. The molecule has 6 rings (SSSR count). The molecule has 2 saturated heterocycles. The second-order valence-electron chi connectivity index (χ2n) is 32.8. The van der Waals surface area contributed by atoms with Crippen LogP contribution < -0.4 is 15.4 Å². The number of imide groups is 1. The Morgan fingerprint density at radius 3 is 1.72 bits per heavy atom.